The second kappa shape index (κ2) is 3.92. The van der Waals surface area contributed by atoms with E-state index in [9.17, 15) is 0 Å². The van der Waals surface area contributed by atoms with Crippen LogP contribution in [0.25, 0.3) is 0 Å². The van der Waals surface area contributed by atoms with Crippen molar-refractivity contribution < 1.29 is 0 Å². The minimum atomic E-state index is 0.998. The van der Waals surface area contributed by atoms with Gasteiger partial charge in [0.15, 0.2) is 0 Å². The van der Waals surface area contributed by atoms with Gasteiger partial charge in [-0.15, -0.1) is 11.3 Å². The lowest BCUT2D eigenvalue weighted by Gasteiger charge is -1.97. The molecule has 2 rings (SSSR count). The Morgan fingerprint density at radius 2 is 2.14 bits per heavy atom. The molecule has 0 aliphatic rings. The zero-order valence-corrected chi connectivity index (χ0v) is 9.19. The molecule has 14 heavy (non-hydrogen) atoms. The molecule has 0 aromatic carbocycles. The van der Waals surface area contributed by atoms with Crippen molar-refractivity contribution in [3.63, 3.8) is 0 Å². The van der Waals surface area contributed by atoms with E-state index >= 15 is 0 Å². The van der Waals surface area contributed by atoms with Crippen molar-refractivity contribution in [2.75, 3.05) is 0 Å². The zero-order valence-electron chi connectivity index (χ0n) is 8.37. The van der Waals surface area contributed by atoms with Gasteiger partial charge < -0.3 is 4.98 Å². The predicted molar refractivity (Wildman–Crippen MR) is 57.6 cm³/mol. The molecule has 3 nitrogen and oxygen atoms in total. The fourth-order valence-corrected chi connectivity index (χ4v) is 2.22. The lowest BCUT2D eigenvalue weighted by atomic mass is 10.2. The van der Waals surface area contributed by atoms with Crippen LogP contribution in [0, 0.1) is 13.8 Å². The summed E-state index contributed by atoms with van der Waals surface area (Å²) in [6.45, 7) is 4.12. The van der Waals surface area contributed by atoms with Crippen LogP contribution in [-0.4, -0.2) is 15.0 Å². The number of nitrogens with zero attached hydrogens (tertiary/aromatic N) is 2. The van der Waals surface area contributed by atoms with Crippen molar-refractivity contribution in [1.29, 1.82) is 0 Å². The molecule has 0 fully saturated rings. The number of aryl methyl sites for hydroxylation is 4. The number of imidazole rings is 1. The first kappa shape index (κ1) is 9.40. The molecule has 0 aliphatic heterocycles. The largest absolute Gasteiger partial charge is 0.348 e. The fraction of sp³-hybridized carbons (Fsp3) is 0.400. The Labute approximate surface area is 87.2 Å². The van der Waals surface area contributed by atoms with Gasteiger partial charge in [-0.3, -0.25) is 0 Å². The van der Waals surface area contributed by atoms with Gasteiger partial charge in [-0.2, -0.15) is 0 Å². The number of hydrogen-bond donors (Lipinski definition) is 1. The standard InChI is InChI=1S/C10H13N3S/c1-7-9(12-5-11-7)3-4-10-8(2)13-6-14-10/h5-6H,3-4H2,1-2H3,(H,11,12). The Morgan fingerprint density at radius 1 is 1.29 bits per heavy atom. The monoisotopic (exact) mass is 207 g/mol. The van der Waals surface area contributed by atoms with Crippen LogP contribution in [0.1, 0.15) is 22.0 Å². The molecule has 0 bridgehead atoms. The maximum atomic E-state index is 4.27. The van der Waals surface area contributed by atoms with Crippen LogP contribution < -0.4 is 0 Å². The number of aromatic amines is 1. The Hall–Kier alpha value is -1.16. The molecule has 2 aromatic heterocycles. The van der Waals surface area contributed by atoms with E-state index in [1.807, 2.05) is 5.51 Å². The van der Waals surface area contributed by atoms with Gasteiger partial charge in [0.2, 0.25) is 0 Å². The van der Waals surface area contributed by atoms with Crippen molar-refractivity contribution in [1.82, 2.24) is 15.0 Å². The fourth-order valence-electron chi connectivity index (χ4n) is 1.44. The minimum Gasteiger partial charge on any atom is -0.348 e. The molecule has 0 unspecified atom stereocenters. The molecule has 74 valence electrons. The van der Waals surface area contributed by atoms with E-state index in [1.165, 1.54) is 10.6 Å². The summed E-state index contributed by atoms with van der Waals surface area (Å²) >= 11 is 1.73. The van der Waals surface area contributed by atoms with E-state index in [0.29, 0.717) is 0 Å². The molecular weight excluding hydrogens is 194 g/mol. The summed E-state index contributed by atoms with van der Waals surface area (Å²) in [5.41, 5.74) is 5.40. The first-order valence-electron chi connectivity index (χ1n) is 4.65. The SMILES string of the molecule is Cc1ncsc1CCc1nc[nH]c1C. The third kappa shape index (κ3) is 1.85. The second-order valence-corrected chi connectivity index (χ2v) is 4.27. The van der Waals surface area contributed by atoms with Gasteiger partial charge in [-0.05, 0) is 26.7 Å². The number of aromatic nitrogens is 3. The highest BCUT2D eigenvalue weighted by molar-refractivity contribution is 7.09. The highest BCUT2D eigenvalue weighted by Gasteiger charge is 2.04. The topological polar surface area (TPSA) is 41.6 Å². The zero-order chi connectivity index (χ0) is 9.97. The molecular formula is C10H13N3S. The van der Waals surface area contributed by atoms with E-state index in [2.05, 4.69) is 28.8 Å². The van der Waals surface area contributed by atoms with E-state index < -0.39 is 0 Å². The van der Waals surface area contributed by atoms with E-state index in [1.54, 1.807) is 17.7 Å². The Kier molecular flexibility index (Phi) is 2.63. The molecule has 2 heterocycles. The summed E-state index contributed by atoms with van der Waals surface area (Å²) in [4.78, 5) is 13.0. The van der Waals surface area contributed by atoms with Crippen LogP contribution >= 0.6 is 11.3 Å². The van der Waals surface area contributed by atoms with Crippen molar-refractivity contribution in [3.8, 4) is 0 Å². The number of hydrogen-bond acceptors (Lipinski definition) is 3. The Morgan fingerprint density at radius 3 is 2.71 bits per heavy atom. The summed E-state index contributed by atoms with van der Waals surface area (Å²) in [6.07, 6.45) is 3.80. The van der Waals surface area contributed by atoms with Gasteiger partial charge in [0.05, 0.1) is 23.2 Å². The molecule has 0 saturated carbocycles. The molecule has 0 saturated heterocycles. The average molecular weight is 207 g/mol. The summed E-state index contributed by atoms with van der Waals surface area (Å²) in [5.74, 6) is 0. The molecule has 4 heteroatoms. The smallest absolute Gasteiger partial charge is 0.0925 e. The normalized spacial score (nSPS) is 10.7. The molecule has 1 N–H and O–H groups in total. The van der Waals surface area contributed by atoms with Crippen molar-refractivity contribution in [2.45, 2.75) is 26.7 Å². The van der Waals surface area contributed by atoms with Crippen LogP contribution in [0.2, 0.25) is 0 Å². The molecule has 0 spiro atoms. The highest BCUT2D eigenvalue weighted by Crippen LogP contribution is 2.15. The van der Waals surface area contributed by atoms with E-state index in [4.69, 9.17) is 0 Å². The number of H-pyrrole nitrogens is 1. The highest BCUT2D eigenvalue weighted by atomic mass is 32.1. The van der Waals surface area contributed by atoms with E-state index in [-0.39, 0.29) is 0 Å². The third-order valence-corrected chi connectivity index (χ3v) is 3.36. The lowest BCUT2D eigenvalue weighted by molar-refractivity contribution is 0.917. The van der Waals surface area contributed by atoms with Crippen LogP contribution in [0.3, 0.4) is 0 Å². The lowest BCUT2D eigenvalue weighted by Crippen LogP contribution is -1.93. The number of thiazole rings is 1. The quantitative estimate of drug-likeness (QED) is 0.838. The van der Waals surface area contributed by atoms with E-state index in [0.717, 1.165) is 24.2 Å². The second-order valence-electron chi connectivity index (χ2n) is 3.34. The summed E-state index contributed by atoms with van der Waals surface area (Å²) in [5, 5.41) is 0. The third-order valence-electron chi connectivity index (χ3n) is 2.37. The first-order valence-corrected chi connectivity index (χ1v) is 5.53. The number of nitrogens with one attached hydrogen (secondary N) is 1. The van der Waals surface area contributed by atoms with Gasteiger partial charge in [0, 0.05) is 10.6 Å². The van der Waals surface area contributed by atoms with Gasteiger partial charge in [0.25, 0.3) is 0 Å². The molecule has 0 atom stereocenters. The molecule has 0 radical (unpaired) electrons. The predicted octanol–water partition coefficient (Wildman–Crippen LogP) is 2.27. The summed E-state index contributed by atoms with van der Waals surface area (Å²) in [6, 6.07) is 0. The maximum Gasteiger partial charge on any atom is 0.0925 e. The van der Waals surface area contributed by atoms with Gasteiger partial charge >= 0.3 is 0 Å². The molecule has 0 aliphatic carbocycles. The minimum absolute atomic E-state index is 0.998. The summed E-state index contributed by atoms with van der Waals surface area (Å²) < 4.78 is 0. The van der Waals surface area contributed by atoms with Gasteiger partial charge in [0.1, 0.15) is 0 Å². The molecule has 2 aromatic rings. The van der Waals surface area contributed by atoms with Crippen molar-refractivity contribution in [3.05, 3.63) is 33.8 Å². The van der Waals surface area contributed by atoms with Gasteiger partial charge in [-0.1, -0.05) is 0 Å². The Bertz CT molecular complexity index is 376. The first-order chi connectivity index (χ1) is 6.77. The number of rotatable bonds is 3. The summed E-state index contributed by atoms with van der Waals surface area (Å²) in [7, 11) is 0. The van der Waals surface area contributed by atoms with Crippen molar-refractivity contribution >= 4 is 11.3 Å². The molecule has 0 amide bonds. The maximum absolute atomic E-state index is 4.27. The van der Waals surface area contributed by atoms with Crippen molar-refractivity contribution in [2.24, 2.45) is 0 Å². The van der Waals surface area contributed by atoms with Crippen LogP contribution in [0.4, 0.5) is 0 Å². The van der Waals surface area contributed by atoms with Crippen LogP contribution in [0.5, 0.6) is 0 Å². The van der Waals surface area contributed by atoms with Crippen LogP contribution in [0.15, 0.2) is 11.8 Å². The van der Waals surface area contributed by atoms with Crippen LogP contribution in [-0.2, 0) is 12.8 Å². The average Bonchev–Trinajstić information content (AvgIpc) is 2.72. The van der Waals surface area contributed by atoms with Gasteiger partial charge in [-0.25, -0.2) is 9.97 Å². The Balaban J connectivity index is 2.02.